The zero-order valence-electron chi connectivity index (χ0n) is 8.33. The molecular weight excluding hydrogens is 172 g/mol. The molecule has 2 N–H and O–H groups in total. The molecule has 0 aliphatic carbocycles. The predicted molar refractivity (Wildman–Crippen MR) is 57.6 cm³/mol. The van der Waals surface area contributed by atoms with Crippen LogP contribution in [0.3, 0.4) is 0 Å². The van der Waals surface area contributed by atoms with Crippen LogP contribution in [0, 0.1) is 18.3 Å². The molecule has 0 heterocycles. The van der Waals surface area contributed by atoms with E-state index in [-0.39, 0.29) is 6.04 Å². The van der Waals surface area contributed by atoms with Gasteiger partial charge in [-0.2, -0.15) is 5.26 Å². The summed E-state index contributed by atoms with van der Waals surface area (Å²) in [5.41, 5.74) is 8.62. The number of aryl methyl sites for hydroxylation is 1. The van der Waals surface area contributed by atoms with Crippen LogP contribution in [0.1, 0.15) is 29.2 Å². The first-order valence-corrected chi connectivity index (χ1v) is 4.56. The Morgan fingerprint density at radius 3 is 2.93 bits per heavy atom. The van der Waals surface area contributed by atoms with Crippen LogP contribution in [0.15, 0.2) is 30.9 Å². The van der Waals surface area contributed by atoms with E-state index in [4.69, 9.17) is 11.0 Å². The molecule has 2 nitrogen and oxygen atoms in total. The lowest BCUT2D eigenvalue weighted by Crippen LogP contribution is -2.11. The fraction of sp³-hybridized carbons (Fsp3) is 0.250. The van der Waals surface area contributed by atoms with Crippen molar-refractivity contribution in [1.29, 1.82) is 5.26 Å². The van der Waals surface area contributed by atoms with Gasteiger partial charge in [-0.1, -0.05) is 23.8 Å². The molecule has 14 heavy (non-hydrogen) atoms. The first kappa shape index (κ1) is 10.5. The van der Waals surface area contributed by atoms with Crippen molar-refractivity contribution in [1.82, 2.24) is 0 Å². The molecule has 72 valence electrons. The Morgan fingerprint density at radius 1 is 1.64 bits per heavy atom. The van der Waals surface area contributed by atoms with Gasteiger partial charge < -0.3 is 5.73 Å². The lowest BCUT2D eigenvalue weighted by atomic mass is 9.97. The van der Waals surface area contributed by atoms with Gasteiger partial charge in [-0.25, -0.2) is 0 Å². The molecular formula is C12H14N2. The Bertz CT molecular complexity index is 374. The molecule has 0 aromatic heterocycles. The van der Waals surface area contributed by atoms with Crippen molar-refractivity contribution < 1.29 is 0 Å². The second kappa shape index (κ2) is 4.59. The van der Waals surface area contributed by atoms with Crippen LogP contribution in [0.4, 0.5) is 0 Å². The van der Waals surface area contributed by atoms with Gasteiger partial charge in [0.05, 0.1) is 11.6 Å². The second-order valence-electron chi connectivity index (χ2n) is 3.33. The van der Waals surface area contributed by atoms with Gasteiger partial charge >= 0.3 is 0 Å². The van der Waals surface area contributed by atoms with Crippen molar-refractivity contribution in [3.63, 3.8) is 0 Å². The molecule has 0 aliphatic rings. The minimum atomic E-state index is -0.123. The van der Waals surface area contributed by atoms with Gasteiger partial charge in [0, 0.05) is 6.04 Å². The Morgan fingerprint density at radius 2 is 2.36 bits per heavy atom. The molecule has 1 atom stereocenters. The lowest BCUT2D eigenvalue weighted by molar-refractivity contribution is 0.738. The smallest absolute Gasteiger partial charge is 0.0995 e. The van der Waals surface area contributed by atoms with Gasteiger partial charge in [-0.05, 0) is 25.0 Å². The highest BCUT2D eigenvalue weighted by atomic mass is 14.6. The van der Waals surface area contributed by atoms with Crippen molar-refractivity contribution in [3.05, 3.63) is 47.5 Å². The number of hydrogen-bond acceptors (Lipinski definition) is 2. The minimum absolute atomic E-state index is 0.123. The summed E-state index contributed by atoms with van der Waals surface area (Å²) >= 11 is 0. The molecule has 0 bridgehead atoms. The van der Waals surface area contributed by atoms with Gasteiger partial charge in [0.1, 0.15) is 0 Å². The summed E-state index contributed by atoms with van der Waals surface area (Å²) in [6.07, 6.45) is 2.46. The van der Waals surface area contributed by atoms with E-state index in [1.165, 1.54) is 0 Å². The molecule has 0 saturated heterocycles. The summed E-state index contributed by atoms with van der Waals surface area (Å²) in [6, 6.07) is 7.72. The van der Waals surface area contributed by atoms with E-state index < -0.39 is 0 Å². The second-order valence-corrected chi connectivity index (χ2v) is 3.33. The van der Waals surface area contributed by atoms with Crippen molar-refractivity contribution in [2.24, 2.45) is 5.73 Å². The number of rotatable bonds is 3. The quantitative estimate of drug-likeness (QED) is 0.737. The molecule has 2 heteroatoms. The Balaban J connectivity index is 3.11. The average molecular weight is 186 g/mol. The summed E-state index contributed by atoms with van der Waals surface area (Å²) in [7, 11) is 0. The van der Waals surface area contributed by atoms with E-state index in [9.17, 15) is 0 Å². The Kier molecular flexibility index (Phi) is 3.44. The first-order chi connectivity index (χ1) is 6.69. The SMILES string of the molecule is C=CC[C@@H](N)c1cc(C)ccc1C#N. The van der Waals surface area contributed by atoms with Gasteiger partial charge in [0.25, 0.3) is 0 Å². The van der Waals surface area contributed by atoms with E-state index >= 15 is 0 Å². The van der Waals surface area contributed by atoms with Gasteiger partial charge in [-0.15, -0.1) is 6.58 Å². The fourth-order valence-electron chi connectivity index (χ4n) is 1.40. The maximum atomic E-state index is 8.90. The number of nitrogens with two attached hydrogens (primary N) is 1. The summed E-state index contributed by atoms with van der Waals surface area (Å²) in [6.45, 7) is 5.63. The van der Waals surface area contributed by atoms with Crippen molar-refractivity contribution in [3.8, 4) is 6.07 Å². The highest BCUT2D eigenvalue weighted by Crippen LogP contribution is 2.20. The van der Waals surface area contributed by atoms with E-state index in [1.54, 1.807) is 6.08 Å². The molecule has 0 amide bonds. The number of hydrogen-bond donors (Lipinski definition) is 1. The molecule has 1 rings (SSSR count). The zero-order valence-corrected chi connectivity index (χ0v) is 8.33. The highest BCUT2D eigenvalue weighted by molar-refractivity contribution is 5.41. The average Bonchev–Trinajstić information content (AvgIpc) is 2.18. The third-order valence-corrected chi connectivity index (χ3v) is 2.15. The largest absolute Gasteiger partial charge is 0.324 e. The van der Waals surface area contributed by atoms with Crippen molar-refractivity contribution >= 4 is 0 Å². The highest BCUT2D eigenvalue weighted by Gasteiger charge is 2.09. The van der Waals surface area contributed by atoms with Crippen LogP contribution in [-0.4, -0.2) is 0 Å². The van der Waals surface area contributed by atoms with Crippen LogP contribution in [-0.2, 0) is 0 Å². The van der Waals surface area contributed by atoms with E-state index in [0.717, 1.165) is 11.1 Å². The van der Waals surface area contributed by atoms with Gasteiger partial charge in [0.2, 0.25) is 0 Å². The number of benzene rings is 1. The van der Waals surface area contributed by atoms with Crippen LogP contribution < -0.4 is 5.73 Å². The van der Waals surface area contributed by atoms with Crippen LogP contribution >= 0.6 is 0 Å². The maximum Gasteiger partial charge on any atom is 0.0995 e. The van der Waals surface area contributed by atoms with Crippen LogP contribution in [0.2, 0.25) is 0 Å². The Hall–Kier alpha value is -1.59. The minimum Gasteiger partial charge on any atom is -0.324 e. The monoisotopic (exact) mass is 186 g/mol. The summed E-state index contributed by atoms with van der Waals surface area (Å²) < 4.78 is 0. The van der Waals surface area contributed by atoms with E-state index in [0.29, 0.717) is 12.0 Å². The molecule has 1 aromatic carbocycles. The van der Waals surface area contributed by atoms with Crippen molar-refractivity contribution in [2.45, 2.75) is 19.4 Å². The van der Waals surface area contributed by atoms with Crippen LogP contribution in [0.25, 0.3) is 0 Å². The first-order valence-electron chi connectivity index (χ1n) is 4.56. The molecule has 0 aliphatic heterocycles. The predicted octanol–water partition coefficient (Wildman–Crippen LogP) is 2.44. The molecule has 0 spiro atoms. The third-order valence-electron chi connectivity index (χ3n) is 2.15. The molecule has 1 aromatic rings. The molecule has 0 unspecified atom stereocenters. The molecule has 0 saturated carbocycles. The lowest BCUT2D eigenvalue weighted by Gasteiger charge is -2.11. The Labute approximate surface area is 84.7 Å². The normalized spacial score (nSPS) is 11.8. The standard InChI is InChI=1S/C12H14N2/c1-3-4-12(14)11-7-9(2)5-6-10(11)8-13/h3,5-7,12H,1,4,14H2,2H3/t12-/m1/s1. The fourth-order valence-corrected chi connectivity index (χ4v) is 1.40. The summed E-state index contributed by atoms with van der Waals surface area (Å²) in [5, 5.41) is 8.90. The topological polar surface area (TPSA) is 49.8 Å². The number of nitriles is 1. The maximum absolute atomic E-state index is 8.90. The van der Waals surface area contributed by atoms with Crippen molar-refractivity contribution in [2.75, 3.05) is 0 Å². The summed E-state index contributed by atoms with van der Waals surface area (Å²) in [5.74, 6) is 0. The van der Waals surface area contributed by atoms with Gasteiger partial charge in [0.15, 0.2) is 0 Å². The number of nitrogens with zero attached hydrogens (tertiary/aromatic N) is 1. The third kappa shape index (κ3) is 2.21. The zero-order chi connectivity index (χ0) is 10.6. The van der Waals surface area contributed by atoms with Gasteiger partial charge in [-0.3, -0.25) is 0 Å². The summed E-state index contributed by atoms with van der Waals surface area (Å²) in [4.78, 5) is 0. The molecule has 0 radical (unpaired) electrons. The van der Waals surface area contributed by atoms with E-state index in [2.05, 4.69) is 12.6 Å². The van der Waals surface area contributed by atoms with Crippen LogP contribution in [0.5, 0.6) is 0 Å². The molecule has 0 fully saturated rings. The van der Waals surface area contributed by atoms with E-state index in [1.807, 2.05) is 25.1 Å².